The second-order valence-electron chi connectivity index (χ2n) is 4.96. The molecule has 0 spiro atoms. The summed E-state index contributed by atoms with van der Waals surface area (Å²) in [6.45, 7) is 0. The van der Waals surface area contributed by atoms with Crippen LogP contribution in [0.1, 0.15) is 10.5 Å². The Kier molecular flexibility index (Phi) is 2.69. The molecule has 22 heavy (non-hydrogen) atoms. The fourth-order valence-corrected chi connectivity index (χ4v) is 2.44. The SMILES string of the molecule is O=C(Nn1cnc2ccccc21)c1cc2cc(F)ccc2[nH]1. The summed E-state index contributed by atoms with van der Waals surface area (Å²) in [5.74, 6) is -0.654. The van der Waals surface area contributed by atoms with Gasteiger partial charge >= 0.3 is 0 Å². The minimum Gasteiger partial charge on any atom is -0.350 e. The zero-order chi connectivity index (χ0) is 15.1. The molecule has 2 aromatic heterocycles. The van der Waals surface area contributed by atoms with Crippen LogP contribution in [0.5, 0.6) is 0 Å². The van der Waals surface area contributed by atoms with E-state index in [1.165, 1.54) is 12.1 Å². The van der Waals surface area contributed by atoms with Gasteiger partial charge in [-0.3, -0.25) is 10.2 Å². The fraction of sp³-hybridized carbons (Fsp3) is 0. The second kappa shape index (κ2) is 4.70. The number of hydrogen-bond acceptors (Lipinski definition) is 2. The third-order valence-corrected chi connectivity index (χ3v) is 3.50. The van der Waals surface area contributed by atoms with Crippen LogP contribution in [0, 0.1) is 5.82 Å². The monoisotopic (exact) mass is 294 g/mol. The number of carbonyl (C=O) groups is 1. The molecule has 0 aliphatic rings. The van der Waals surface area contributed by atoms with Crippen LogP contribution in [0.3, 0.4) is 0 Å². The average Bonchev–Trinajstić information content (AvgIpc) is 3.11. The number of carbonyl (C=O) groups excluding carboxylic acids is 1. The summed E-state index contributed by atoms with van der Waals surface area (Å²) in [4.78, 5) is 19.5. The van der Waals surface area contributed by atoms with E-state index in [1.54, 1.807) is 23.1 Å². The van der Waals surface area contributed by atoms with Gasteiger partial charge in [-0.2, -0.15) is 0 Å². The number of nitrogens with one attached hydrogen (secondary N) is 2. The summed E-state index contributed by atoms with van der Waals surface area (Å²) in [6.07, 6.45) is 1.55. The van der Waals surface area contributed by atoms with Gasteiger partial charge in [0.15, 0.2) is 0 Å². The van der Waals surface area contributed by atoms with Gasteiger partial charge in [0, 0.05) is 10.9 Å². The summed E-state index contributed by atoms with van der Waals surface area (Å²) in [7, 11) is 0. The molecule has 6 heteroatoms. The smallest absolute Gasteiger partial charge is 0.286 e. The Balaban J connectivity index is 1.68. The standard InChI is InChI=1S/C16H11FN4O/c17-11-5-6-12-10(7-11)8-14(19-12)16(22)20-21-9-18-13-3-1-2-4-15(13)21/h1-9,19H,(H,20,22). The number of aromatic amines is 1. The van der Waals surface area contributed by atoms with Crippen molar-refractivity contribution in [3.05, 3.63) is 66.4 Å². The summed E-state index contributed by atoms with van der Waals surface area (Å²) in [5, 5.41) is 0.653. The van der Waals surface area contributed by atoms with E-state index in [9.17, 15) is 9.18 Å². The molecule has 0 aliphatic heterocycles. The van der Waals surface area contributed by atoms with Gasteiger partial charge in [0.2, 0.25) is 0 Å². The van der Waals surface area contributed by atoms with Gasteiger partial charge in [-0.1, -0.05) is 12.1 Å². The molecule has 0 atom stereocenters. The highest BCUT2D eigenvalue weighted by Gasteiger charge is 2.11. The number of rotatable bonds is 2. The minimum atomic E-state index is -0.334. The van der Waals surface area contributed by atoms with E-state index in [-0.39, 0.29) is 11.7 Å². The number of para-hydroxylation sites is 2. The van der Waals surface area contributed by atoms with Crippen LogP contribution < -0.4 is 5.43 Å². The molecular formula is C16H11FN4O. The molecule has 0 fully saturated rings. The van der Waals surface area contributed by atoms with E-state index in [4.69, 9.17) is 0 Å². The van der Waals surface area contributed by atoms with Crippen LogP contribution in [-0.4, -0.2) is 20.6 Å². The lowest BCUT2D eigenvalue weighted by Gasteiger charge is -2.05. The predicted octanol–water partition coefficient (Wildman–Crippen LogP) is 3.04. The first-order valence-electron chi connectivity index (χ1n) is 6.72. The molecule has 0 aliphatic carbocycles. The molecule has 0 radical (unpaired) electrons. The lowest BCUT2D eigenvalue weighted by molar-refractivity contribution is 0.100. The number of aromatic nitrogens is 3. The third kappa shape index (κ3) is 2.01. The lowest BCUT2D eigenvalue weighted by Crippen LogP contribution is -2.22. The van der Waals surface area contributed by atoms with Gasteiger partial charge in [0.05, 0.1) is 11.0 Å². The zero-order valence-electron chi connectivity index (χ0n) is 11.4. The molecular weight excluding hydrogens is 283 g/mol. The van der Waals surface area contributed by atoms with E-state index >= 15 is 0 Å². The molecule has 108 valence electrons. The quantitative estimate of drug-likeness (QED) is 0.597. The molecule has 0 saturated carbocycles. The maximum absolute atomic E-state index is 13.2. The number of fused-ring (bicyclic) bond motifs is 2. The number of H-pyrrole nitrogens is 1. The van der Waals surface area contributed by atoms with E-state index in [0.717, 1.165) is 11.0 Å². The number of imidazole rings is 1. The highest BCUT2D eigenvalue weighted by atomic mass is 19.1. The maximum atomic E-state index is 13.2. The topological polar surface area (TPSA) is 62.7 Å². The predicted molar refractivity (Wildman–Crippen MR) is 81.7 cm³/mol. The van der Waals surface area contributed by atoms with Gasteiger partial charge < -0.3 is 4.98 Å². The van der Waals surface area contributed by atoms with Gasteiger partial charge in [-0.05, 0) is 36.4 Å². The Hall–Kier alpha value is -3.15. The van der Waals surface area contributed by atoms with Crippen LogP contribution in [-0.2, 0) is 0 Å². The van der Waals surface area contributed by atoms with Crippen molar-refractivity contribution in [3.63, 3.8) is 0 Å². The summed E-state index contributed by atoms with van der Waals surface area (Å²) >= 11 is 0. The van der Waals surface area contributed by atoms with Crippen molar-refractivity contribution >= 4 is 27.8 Å². The van der Waals surface area contributed by atoms with Crippen LogP contribution in [0.4, 0.5) is 4.39 Å². The van der Waals surface area contributed by atoms with E-state index in [0.29, 0.717) is 16.6 Å². The zero-order valence-corrected chi connectivity index (χ0v) is 11.4. The van der Waals surface area contributed by atoms with Crippen molar-refractivity contribution in [3.8, 4) is 0 Å². The van der Waals surface area contributed by atoms with Crippen LogP contribution in [0.2, 0.25) is 0 Å². The van der Waals surface area contributed by atoms with E-state index in [2.05, 4.69) is 15.4 Å². The fourth-order valence-electron chi connectivity index (χ4n) is 2.44. The first kappa shape index (κ1) is 12.6. The molecule has 2 aromatic carbocycles. The molecule has 0 saturated heterocycles. The molecule has 4 rings (SSSR count). The second-order valence-corrected chi connectivity index (χ2v) is 4.96. The summed E-state index contributed by atoms with van der Waals surface area (Å²) in [6, 6.07) is 13.4. The Morgan fingerprint density at radius 3 is 2.95 bits per heavy atom. The number of benzene rings is 2. The first-order valence-corrected chi connectivity index (χ1v) is 6.72. The van der Waals surface area contributed by atoms with Crippen molar-refractivity contribution < 1.29 is 9.18 Å². The number of nitrogens with zero attached hydrogens (tertiary/aromatic N) is 2. The van der Waals surface area contributed by atoms with Crippen LogP contribution >= 0.6 is 0 Å². The van der Waals surface area contributed by atoms with Crippen LogP contribution in [0.15, 0.2) is 54.9 Å². The Morgan fingerprint density at radius 1 is 1.18 bits per heavy atom. The largest absolute Gasteiger partial charge is 0.350 e. The molecule has 5 nitrogen and oxygen atoms in total. The summed E-state index contributed by atoms with van der Waals surface area (Å²) in [5.41, 5.74) is 5.41. The van der Waals surface area contributed by atoms with E-state index < -0.39 is 0 Å². The normalized spacial score (nSPS) is 11.1. The van der Waals surface area contributed by atoms with Gasteiger partial charge in [0.25, 0.3) is 5.91 Å². The molecule has 0 unspecified atom stereocenters. The molecule has 4 aromatic rings. The molecule has 2 heterocycles. The highest BCUT2D eigenvalue weighted by Crippen LogP contribution is 2.17. The third-order valence-electron chi connectivity index (χ3n) is 3.50. The number of hydrogen-bond donors (Lipinski definition) is 2. The minimum absolute atomic E-state index is 0.320. The molecule has 0 bridgehead atoms. The van der Waals surface area contributed by atoms with Crippen molar-refractivity contribution in [2.24, 2.45) is 0 Å². The Labute approximate surface area is 124 Å². The number of amides is 1. The maximum Gasteiger partial charge on any atom is 0.286 e. The van der Waals surface area contributed by atoms with Gasteiger partial charge in [-0.25, -0.2) is 14.1 Å². The molecule has 2 N–H and O–H groups in total. The van der Waals surface area contributed by atoms with Gasteiger partial charge in [0.1, 0.15) is 17.8 Å². The highest BCUT2D eigenvalue weighted by molar-refractivity contribution is 6.03. The van der Waals surface area contributed by atoms with Crippen LogP contribution in [0.25, 0.3) is 21.9 Å². The van der Waals surface area contributed by atoms with Crippen molar-refractivity contribution in [1.29, 1.82) is 0 Å². The van der Waals surface area contributed by atoms with Crippen molar-refractivity contribution in [2.45, 2.75) is 0 Å². The first-order chi connectivity index (χ1) is 10.7. The van der Waals surface area contributed by atoms with Crippen molar-refractivity contribution in [2.75, 3.05) is 5.43 Å². The Bertz CT molecular complexity index is 1000. The Morgan fingerprint density at radius 2 is 2.05 bits per heavy atom. The average molecular weight is 294 g/mol. The lowest BCUT2D eigenvalue weighted by atomic mass is 10.2. The molecule has 1 amide bonds. The van der Waals surface area contributed by atoms with Crippen molar-refractivity contribution in [1.82, 2.24) is 14.6 Å². The van der Waals surface area contributed by atoms with Gasteiger partial charge in [-0.15, -0.1) is 0 Å². The van der Waals surface area contributed by atoms with E-state index in [1.807, 2.05) is 24.3 Å². The summed E-state index contributed by atoms with van der Waals surface area (Å²) < 4.78 is 14.8. The number of halogens is 1.